The van der Waals surface area contributed by atoms with E-state index in [4.69, 9.17) is 15.7 Å². The molecule has 8 heteroatoms. The monoisotopic (exact) mass is 559 g/mol. The van der Waals surface area contributed by atoms with E-state index in [1.165, 1.54) is 18.4 Å². The Bertz CT molecular complexity index is 1310. The molecule has 3 aliphatic rings. The molecule has 0 bridgehead atoms. The number of aryl methyl sites for hydroxylation is 2. The van der Waals surface area contributed by atoms with Crippen LogP contribution in [0.5, 0.6) is 0 Å². The van der Waals surface area contributed by atoms with Gasteiger partial charge in [0.1, 0.15) is 23.9 Å². The van der Waals surface area contributed by atoms with Gasteiger partial charge in [-0.15, -0.1) is 0 Å². The van der Waals surface area contributed by atoms with Gasteiger partial charge in [-0.25, -0.2) is 14.4 Å². The van der Waals surface area contributed by atoms with Crippen LogP contribution in [0.3, 0.4) is 0 Å². The second-order valence-corrected chi connectivity index (χ2v) is 11.7. The number of nitrogen functional groups attached to an aromatic ring is 1. The van der Waals surface area contributed by atoms with E-state index in [1.807, 2.05) is 6.07 Å². The highest BCUT2D eigenvalue weighted by Crippen LogP contribution is 2.39. The van der Waals surface area contributed by atoms with Crippen molar-refractivity contribution in [3.8, 4) is 6.07 Å². The molecule has 0 aliphatic carbocycles. The smallest absolute Gasteiger partial charge is 0.133 e. The van der Waals surface area contributed by atoms with Crippen molar-refractivity contribution in [2.75, 3.05) is 37.2 Å². The molecule has 5 rings (SSSR count). The first-order valence-corrected chi connectivity index (χ1v) is 15.3. The van der Waals surface area contributed by atoms with Crippen molar-refractivity contribution in [3.63, 3.8) is 0 Å². The Labute approximate surface area is 245 Å². The first kappa shape index (κ1) is 30.6. The zero-order valence-corrected chi connectivity index (χ0v) is 25.3. The summed E-state index contributed by atoms with van der Waals surface area (Å²) in [7, 11) is 0. The summed E-state index contributed by atoms with van der Waals surface area (Å²) in [6.45, 7) is 11.8. The number of nitrogens with zero attached hydrogens (tertiary/aromatic N) is 5. The summed E-state index contributed by atoms with van der Waals surface area (Å²) in [5, 5.41) is 13.3. The molecule has 3 N–H and O–H groups in total. The summed E-state index contributed by atoms with van der Waals surface area (Å²) < 4.78 is 12.8. The van der Waals surface area contributed by atoms with Gasteiger partial charge in [0, 0.05) is 36.2 Å². The van der Waals surface area contributed by atoms with E-state index in [-0.39, 0.29) is 5.54 Å². The molecule has 2 aromatic rings. The van der Waals surface area contributed by atoms with Crippen LogP contribution < -0.4 is 11.1 Å². The minimum atomic E-state index is -0.551. The Balaban J connectivity index is 0.000000322. The van der Waals surface area contributed by atoms with Gasteiger partial charge in [-0.05, 0) is 68.8 Å². The molecule has 0 amide bonds. The lowest BCUT2D eigenvalue weighted by Crippen LogP contribution is -2.34. The van der Waals surface area contributed by atoms with Gasteiger partial charge >= 0.3 is 0 Å². The fourth-order valence-corrected chi connectivity index (χ4v) is 6.36. The first-order valence-electron chi connectivity index (χ1n) is 15.3. The number of aliphatic imine (C=N–C) groups is 1. The highest BCUT2D eigenvalue weighted by Gasteiger charge is 2.44. The van der Waals surface area contributed by atoms with Gasteiger partial charge in [0.2, 0.25) is 0 Å². The molecule has 1 aromatic carbocycles. The number of halogens is 1. The van der Waals surface area contributed by atoms with E-state index in [9.17, 15) is 9.65 Å². The van der Waals surface area contributed by atoms with Crippen LogP contribution in [0.15, 0.2) is 29.3 Å². The number of aromatic nitrogens is 2. The maximum atomic E-state index is 12.8. The molecule has 2 atom stereocenters. The van der Waals surface area contributed by atoms with E-state index in [0.29, 0.717) is 30.8 Å². The summed E-state index contributed by atoms with van der Waals surface area (Å²) in [6.07, 6.45) is 11.9. The van der Waals surface area contributed by atoms with Crippen LogP contribution in [0.25, 0.3) is 0 Å². The molecule has 2 fully saturated rings. The molecule has 0 spiro atoms. The number of rotatable bonds is 10. The van der Waals surface area contributed by atoms with Crippen LogP contribution in [0.1, 0.15) is 93.6 Å². The lowest BCUT2D eigenvalue weighted by molar-refractivity contribution is 0.217. The molecule has 2 unspecified atom stereocenters. The molecule has 7 nitrogen and oxygen atoms in total. The second kappa shape index (κ2) is 14.0. The SMILES string of the molecule is CC12CCCN1CC(F)C2.CCCc1ccc(N)c(C#N)c1Cc1nc(CC)nc(NCC2=NCC=C2)c1CCC. The van der Waals surface area contributed by atoms with Gasteiger partial charge in [0.25, 0.3) is 0 Å². The molecule has 220 valence electrons. The van der Waals surface area contributed by atoms with Crippen molar-refractivity contribution in [2.45, 2.75) is 97.2 Å². The molecule has 3 aliphatic heterocycles. The Kier molecular flexibility index (Phi) is 10.5. The molecule has 1 aromatic heterocycles. The fraction of sp³-hybridized carbons (Fsp3) is 0.576. The van der Waals surface area contributed by atoms with Crippen molar-refractivity contribution in [1.29, 1.82) is 5.26 Å². The predicted octanol–water partition coefficient (Wildman–Crippen LogP) is 5.99. The van der Waals surface area contributed by atoms with E-state index >= 15 is 0 Å². The maximum absolute atomic E-state index is 12.8. The highest BCUT2D eigenvalue weighted by atomic mass is 19.1. The third kappa shape index (κ3) is 7.32. The summed E-state index contributed by atoms with van der Waals surface area (Å²) >= 11 is 0. The summed E-state index contributed by atoms with van der Waals surface area (Å²) in [5.74, 6) is 1.69. The Morgan fingerprint density at radius 1 is 1.17 bits per heavy atom. The minimum absolute atomic E-state index is 0.236. The van der Waals surface area contributed by atoms with Crippen LogP contribution in [0.4, 0.5) is 15.9 Å². The Hall–Kier alpha value is -3.31. The van der Waals surface area contributed by atoms with Crippen molar-refractivity contribution in [1.82, 2.24) is 14.9 Å². The first-order chi connectivity index (χ1) is 19.8. The Morgan fingerprint density at radius 3 is 2.63 bits per heavy atom. The third-order valence-electron chi connectivity index (χ3n) is 8.51. The molecule has 2 saturated heterocycles. The summed E-state index contributed by atoms with van der Waals surface area (Å²) in [6, 6.07) is 6.24. The van der Waals surface area contributed by atoms with Gasteiger partial charge in [-0.1, -0.05) is 45.8 Å². The van der Waals surface area contributed by atoms with E-state index in [2.05, 4.69) is 67.2 Å². The van der Waals surface area contributed by atoms with Crippen molar-refractivity contribution in [3.05, 3.63) is 58.1 Å². The van der Waals surface area contributed by atoms with Crippen LogP contribution in [-0.4, -0.2) is 58.5 Å². The van der Waals surface area contributed by atoms with Crippen molar-refractivity contribution in [2.24, 2.45) is 4.99 Å². The number of fused-ring (bicyclic) bond motifs is 1. The number of benzene rings is 1. The number of hydrogen-bond acceptors (Lipinski definition) is 7. The van der Waals surface area contributed by atoms with Gasteiger partial charge in [-0.2, -0.15) is 5.26 Å². The van der Waals surface area contributed by atoms with Crippen LogP contribution in [-0.2, 0) is 25.7 Å². The fourth-order valence-electron chi connectivity index (χ4n) is 6.36. The molecular formula is C33H46FN7. The lowest BCUT2D eigenvalue weighted by Gasteiger charge is -2.25. The lowest BCUT2D eigenvalue weighted by atomic mass is 9.91. The topological polar surface area (TPSA) is 103 Å². The summed E-state index contributed by atoms with van der Waals surface area (Å²) in [5.41, 5.74) is 12.8. The van der Waals surface area contributed by atoms with E-state index < -0.39 is 6.17 Å². The van der Waals surface area contributed by atoms with Gasteiger partial charge < -0.3 is 11.1 Å². The van der Waals surface area contributed by atoms with Gasteiger partial charge in [0.15, 0.2) is 0 Å². The zero-order chi connectivity index (χ0) is 29.4. The van der Waals surface area contributed by atoms with E-state index in [0.717, 1.165) is 85.8 Å². The number of alkyl halides is 1. The average Bonchev–Trinajstić information content (AvgIpc) is 3.66. The van der Waals surface area contributed by atoms with Crippen molar-refractivity contribution < 1.29 is 4.39 Å². The number of nitrogens with one attached hydrogen (secondary N) is 1. The van der Waals surface area contributed by atoms with Crippen molar-refractivity contribution >= 4 is 17.2 Å². The zero-order valence-electron chi connectivity index (χ0n) is 25.3. The van der Waals surface area contributed by atoms with Crippen LogP contribution in [0.2, 0.25) is 0 Å². The molecule has 41 heavy (non-hydrogen) atoms. The molecule has 4 heterocycles. The number of anilines is 2. The second-order valence-electron chi connectivity index (χ2n) is 11.7. The highest BCUT2D eigenvalue weighted by molar-refractivity contribution is 5.99. The molecule has 0 saturated carbocycles. The van der Waals surface area contributed by atoms with E-state index in [1.54, 1.807) is 0 Å². The molecule has 0 radical (unpaired) electrons. The number of nitrogens with two attached hydrogens (primary N) is 1. The normalized spacial score (nSPS) is 21.3. The number of nitriles is 1. The predicted molar refractivity (Wildman–Crippen MR) is 166 cm³/mol. The average molecular weight is 560 g/mol. The Morgan fingerprint density at radius 2 is 1.98 bits per heavy atom. The number of hydrogen-bond donors (Lipinski definition) is 2. The maximum Gasteiger partial charge on any atom is 0.133 e. The van der Waals surface area contributed by atoms with Crippen LogP contribution in [0, 0.1) is 11.3 Å². The van der Waals surface area contributed by atoms with Crippen LogP contribution >= 0.6 is 0 Å². The quantitative estimate of drug-likeness (QED) is 0.347. The molecular weight excluding hydrogens is 513 g/mol. The standard InChI is InChI=1S/C25H32N6.C8H14FN/c1-4-8-17-11-12-22(27)21(15-26)20(17)14-23-19(9-5-2)25(31-24(6-3)30-23)29-16-18-10-7-13-28-18;1-8-3-2-4-10(8)6-7(9)5-8/h7,10-12H,4-6,8-9,13-14,16,27H2,1-3H3,(H,29,30,31);7H,2-6H2,1H3. The summed E-state index contributed by atoms with van der Waals surface area (Å²) in [4.78, 5) is 16.5. The van der Waals surface area contributed by atoms with Gasteiger partial charge in [0.05, 0.1) is 30.1 Å². The van der Waals surface area contributed by atoms with Gasteiger partial charge in [-0.3, -0.25) is 9.89 Å². The largest absolute Gasteiger partial charge is 0.398 e. The minimum Gasteiger partial charge on any atom is -0.398 e. The third-order valence-corrected chi connectivity index (χ3v) is 8.51.